The Balaban J connectivity index is 1.57. The minimum Gasteiger partial charge on any atom is -0.444 e. The second kappa shape index (κ2) is 16.3. The molecular formula is C40H57NO4Si. The smallest absolute Gasteiger partial charge is 0.410 e. The minimum atomic E-state index is -2.67. The first-order chi connectivity index (χ1) is 21.9. The Morgan fingerprint density at radius 1 is 0.826 bits per heavy atom. The second-order valence-electron chi connectivity index (χ2n) is 14.9. The highest BCUT2D eigenvalue weighted by atomic mass is 28.4. The van der Waals surface area contributed by atoms with E-state index in [4.69, 9.17) is 13.9 Å². The molecule has 4 rings (SSSR count). The van der Waals surface area contributed by atoms with Crippen LogP contribution < -0.4 is 10.4 Å². The molecule has 3 aromatic carbocycles. The van der Waals surface area contributed by atoms with Gasteiger partial charge >= 0.3 is 6.09 Å². The standard InChI is InChI=1S/C40H57NO4Si/c1-8-19-35(43-31-32-20-12-9-13-21-32)30-34-23-18-22-33(41(34)38(42)45-39(2,3)4)28-29-44-46(40(5,6)7,36-24-14-10-15-25-36)37-26-16-11-17-27-37/h9-17,20-21,24-27,33-35H,8,18-19,22-23,28-31H2,1-7H3/t33-,34+,35-/m0/s1. The molecule has 1 saturated heterocycles. The lowest BCUT2D eigenvalue weighted by molar-refractivity contribution is -0.0312. The first-order valence-corrected chi connectivity index (χ1v) is 19.3. The van der Waals surface area contributed by atoms with Crippen LogP contribution in [0.3, 0.4) is 0 Å². The molecule has 1 aliphatic heterocycles. The highest BCUT2D eigenvalue weighted by Gasteiger charge is 2.50. The molecule has 0 bridgehead atoms. The maximum atomic E-state index is 13.9. The van der Waals surface area contributed by atoms with Gasteiger partial charge in [-0.2, -0.15) is 0 Å². The van der Waals surface area contributed by atoms with Crippen molar-refractivity contribution in [3.8, 4) is 0 Å². The van der Waals surface area contributed by atoms with Crippen molar-refractivity contribution in [3.05, 3.63) is 96.6 Å². The normalized spacial score (nSPS) is 18.3. The van der Waals surface area contributed by atoms with E-state index in [1.807, 2.05) is 26.8 Å². The van der Waals surface area contributed by atoms with Crippen LogP contribution >= 0.6 is 0 Å². The number of carbonyl (C=O) groups is 1. The lowest BCUT2D eigenvalue weighted by atomic mass is 9.90. The average molecular weight is 644 g/mol. The Hall–Kier alpha value is -2.93. The number of carbonyl (C=O) groups excluding carboxylic acids is 1. The van der Waals surface area contributed by atoms with E-state index in [1.165, 1.54) is 15.9 Å². The Kier molecular flexibility index (Phi) is 12.7. The summed E-state index contributed by atoms with van der Waals surface area (Å²) in [6.07, 6.45) is 6.42. The predicted octanol–water partition coefficient (Wildman–Crippen LogP) is 8.89. The molecule has 250 valence electrons. The molecule has 1 heterocycles. The minimum absolute atomic E-state index is 0.0446. The van der Waals surface area contributed by atoms with Gasteiger partial charge in [0.2, 0.25) is 0 Å². The Labute approximate surface area is 279 Å². The predicted molar refractivity (Wildman–Crippen MR) is 192 cm³/mol. The SMILES string of the molecule is CCC[C@@H](C[C@H]1CCC[C@@H](CCO[Si](c2ccccc2)(c2ccccc2)C(C)(C)C)N1C(=O)OC(C)(C)C)OCc1ccccc1. The van der Waals surface area contributed by atoms with Gasteiger partial charge in [-0.05, 0) is 80.3 Å². The van der Waals surface area contributed by atoms with Crippen molar-refractivity contribution in [2.45, 2.75) is 129 Å². The number of likely N-dealkylation sites (tertiary alicyclic amines) is 1. The fourth-order valence-corrected chi connectivity index (χ4v) is 11.7. The summed E-state index contributed by atoms with van der Waals surface area (Å²) in [6, 6.07) is 32.0. The highest BCUT2D eigenvalue weighted by molar-refractivity contribution is 6.99. The molecule has 1 aliphatic rings. The molecule has 46 heavy (non-hydrogen) atoms. The molecule has 0 aromatic heterocycles. The van der Waals surface area contributed by atoms with Crippen LogP contribution in [0.15, 0.2) is 91.0 Å². The average Bonchev–Trinajstić information content (AvgIpc) is 3.02. The van der Waals surface area contributed by atoms with Gasteiger partial charge in [-0.25, -0.2) is 4.79 Å². The van der Waals surface area contributed by atoms with Crippen molar-refractivity contribution < 1.29 is 18.7 Å². The number of piperidine rings is 1. The van der Waals surface area contributed by atoms with Crippen molar-refractivity contribution in [2.75, 3.05) is 6.61 Å². The van der Waals surface area contributed by atoms with Gasteiger partial charge in [-0.15, -0.1) is 0 Å². The van der Waals surface area contributed by atoms with E-state index in [0.29, 0.717) is 13.2 Å². The van der Waals surface area contributed by atoms with E-state index in [9.17, 15) is 4.79 Å². The van der Waals surface area contributed by atoms with Crippen LogP contribution in [0.4, 0.5) is 4.79 Å². The molecule has 3 aromatic rings. The van der Waals surface area contributed by atoms with Gasteiger partial charge in [0.1, 0.15) is 5.60 Å². The van der Waals surface area contributed by atoms with Gasteiger partial charge in [-0.1, -0.05) is 125 Å². The topological polar surface area (TPSA) is 48.0 Å². The summed E-state index contributed by atoms with van der Waals surface area (Å²) in [5.41, 5.74) is 0.608. The molecule has 5 nitrogen and oxygen atoms in total. The Morgan fingerprint density at radius 3 is 1.89 bits per heavy atom. The monoisotopic (exact) mass is 643 g/mol. The van der Waals surface area contributed by atoms with Gasteiger partial charge < -0.3 is 18.8 Å². The summed E-state index contributed by atoms with van der Waals surface area (Å²) < 4.78 is 19.8. The third-order valence-electron chi connectivity index (χ3n) is 9.13. The lowest BCUT2D eigenvalue weighted by Crippen LogP contribution is -2.66. The van der Waals surface area contributed by atoms with Gasteiger partial charge in [0.15, 0.2) is 0 Å². The Bertz CT molecular complexity index is 1280. The van der Waals surface area contributed by atoms with Gasteiger partial charge in [0.25, 0.3) is 8.32 Å². The van der Waals surface area contributed by atoms with E-state index < -0.39 is 13.9 Å². The van der Waals surface area contributed by atoms with E-state index in [2.05, 4.69) is 118 Å². The van der Waals surface area contributed by atoms with Crippen LogP contribution in [0.25, 0.3) is 0 Å². The van der Waals surface area contributed by atoms with E-state index >= 15 is 0 Å². The van der Waals surface area contributed by atoms with Gasteiger partial charge in [-0.3, -0.25) is 0 Å². The molecule has 6 heteroatoms. The zero-order valence-electron chi connectivity index (χ0n) is 29.3. The number of amides is 1. The molecular weight excluding hydrogens is 587 g/mol. The number of hydrogen-bond acceptors (Lipinski definition) is 4. The fourth-order valence-electron chi connectivity index (χ4n) is 7.09. The zero-order chi connectivity index (χ0) is 33.2. The maximum Gasteiger partial charge on any atom is 0.410 e. The summed E-state index contributed by atoms with van der Waals surface area (Å²) in [5, 5.41) is 2.45. The van der Waals surface area contributed by atoms with Crippen molar-refractivity contribution in [1.29, 1.82) is 0 Å². The summed E-state index contributed by atoms with van der Waals surface area (Å²) in [4.78, 5) is 16.0. The van der Waals surface area contributed by atoms with Crippen LogP contribution in [0, 0.1) is 0 Å². The largest absolute Gasteiger partial charge is 0.444 e. The number of hydrogen-bond donors (Lipinski definition) is 0. The van der Waals surface area contributed by atoms with Crippen LogP contribution in [0.1, 0.15) is 99.0 Å². The van der Waals surface area contributed by atoms with Crippen LogP contribution in [0.5, 0.6) is 0 Å². The fraction of sp³-hybridized carbons (Fsp3) is 0.525. The van der Waals surface area contributed by atoms with E-state index in [1.54, 1.807) is 0 Å². The lowest BCUT2D eigenvalue weighted by Gasteiger charge is -2.45. The molecule has 1 fully saturated rings. The molecule has 0 radical (unpaired) electrons. The number of rotatable bonds is 13. The summed E-state index contributed by atoms with van der Waals surface area (Å²) in [5.74, 6) is 0. The zero-order valence-corrected chi connectivity index (χ0v) is 30.3. The van der Waals surface area contributed by atoms with Gasteiger partial charge in [0.05, 0.1) is 12.7 Å². The Morgan fingerprint density at radius 2 is 1.37 bits per heavy atom. The quantitative estimate of drug-likeness (QED) is 0.175. The molecule has 0 spiro atoms. The van der Waals surface area contributed by atoms with Crippen LogP contribution in [-0.4, -0.2) is 49.7 Å². The van der Waals surface area contributed by atoms with E-state index in [-0.39, 0.29) is 29.3 Å². The number of nitrogens with zero attached hydrogens (tertiary/aromatic N) is 1. The van der Waals surface area contributed by atoms with Gasteiger partial charge in [0, 0.05) is 18.7 Å². The van der Waals surface area contributed by atoms with Crippen molar-refractivity contribution in [2.24, 2.45) is 0 Å². The first kappa shape index (κ1) is 35.9. The molecule has 0 saturated carbocycles. The summed E-state index contributed by atoms with van der Waals surface area (Å²) in [6.45, 7) is 16.2. The van der Waals surface area contributed by atoms with Crippen LogP contribution in [0.2, 0.25) is 5.04 Å². The number of ether oxygens (including phenoxy) is 2. The van der Waals surface area contributed by atoms with Crippen molar-refractivity contribution in [3.63, 3.8) is 0 Å². The summed E-state index contributed by atoms with van der Waals surface area (Å²) >= 11 is 0. The maximum absolute atomic E-state index is 13.9. The highest BCUT2D eigenvalue weighted by Crippen LogP contribution is 2.38. The molecule has 1 amide bonds. The second-order valence-corrected chi connectivity index (χ2v) is 19.2. The number of benzene rings is 3. The van der Waals surface area contributed by atoms with E-state index in [0.717, 1.165) is 44.9 Å². The molecule has 3 atom stereocenters. The molecule has 0 N–H and O–H groups in total. The molecule has 0 aliphatic carbocycles. The third kappa shape index (κ3) is 9.33. The van der Waals surface area contributed by atoms with Crippen molar-refractivity contribution in [1.82, 2.24) is 4.90 Å². The van der Waals surface area contributed by atoms with Crippen molar-refractivity contribution >= 4 is 24.8 Å². The molecule has 0 unspecified atom stereocenters. The third-order valence-corrected chi connectivity index (χ3v) is 14.2. The van der Waals surface area contributed by atoms with Crippen LogP contribution in [-0.2, 0) is 20.5 Å². The first-order valence-electron chi connectivity index (χ1n) is 17.4. The summed E-state index contributed by atoms with van der Waals surface area (Å²) in [7, 11) is -2.67.